The molecule has 33 heavy (non-hydrogen) atoms. The van der Waals surface area contributed by atoms with E-state index < -0.39 is 16.9 Å². The van der Waals surface area contributed by atoms with E-state index in [1.807, 2.05) is 25.7 Å². The third kappa shape index (κ3) is 7.40. The van der Waals surface area contributed by atoms with Crippen LogP contribution in [-0.2, 0) is 14.4 Å². The molecule has 0 radical (unpaired) electrons. The average Bonchev–Trinajstić information content (AvgIpc) is 2.79. The summed E-state index contributed by atoms with van der Waals surface area (Å²) >= 11 is 0. The fraction of sp³-hybridized carbons (Fsp3) is 0.542. The van der Waals surface area contributed by atoms with Gasteiger partial charge < -0.3 is 15.1 Å². The van der Waals surface area contributed by atoms with Gasteiger partial charge in [-0.25, -0.2) is 0 Å². The number of carbonyl (C=O) groups is 3. The van der Waals surface area contributed by atoms with Crippen LogP contribution in [0.15, 0.2) is 30.3 Å². The fourth-order valence-electron chi connectivity index (χ4n) is 3.79. The molecule has 0 saturated carbocycles. The normalized spacial score (nSPS) is 17.3. The predicted octanol–water partition coefficient (Wildman–Crippen LogP) is 3.00. The van der Waals surface area contributed by atoms with Gasteiger partial charge in [-0.1, -0.05) is 27.2 Å². The van der Waals surface area contributed by atoms with Crippen molar-refractivity contribution in [3.8, 4) is 0 Å². The van der Waals surface area contributed by atoms with Crippen LogP contribution in [0.3, 0.4) is 0 Å². The summed E-state index contributed by atoms with van der Waals surface area (Å²) in [5, 5.41) is 13.5. The van der Waals surface area contributed by atoms with Gasteiger partial charge in [0.2, 0.25) is 17.7 Å². The molecule has 0 bridgehead atoms. The Labute approximate surface area is 195 Å². The molecule has 180 valence electrons. The maximum absolute atomic E-state index is 13.2. The van der Waals surface area contributed by atoms with Crippen LogP contribution in [0.2, 0.25) is 0 Å². The van der Waals surface area contributed by atoms with Crippen molar-refractivity contribution < 1.29 is 19.3 Å². The number of rotatable bonds is 9. The summed E-state index contributed by atoms with van der Waals surface area (Å²) in [6, 6.07) is 5.08. The molecule has 0 spiro atoms. The molecule has 0 aliphatic carbocycles. The second kappa shape index (κ2) is 12.1. The van der Waals surface area contributed by atoms with Crippen molar-refractivity contribution >= 4 is 29.5 Å². The number of nitro groups is 1. The molecule has 1 fully saturated rings. The van der Waals surface area contributed by atoms with Gasteiger partial charge in [0.1, 0.15) is 6.04 Å². The lowest BCUT2D eigenvalue weighted by molar-refractivity contribution is -0.384. The van der Waals surface area contributed by atoms with Crippen molar-refractivity contribution in [2.75, 3.05) is 19.6 Å². The minimum absolute atomic E-state index is 0.0246. The van der Waals surface area contributed by atoms with E-state index in [9.17, 15) is 24.5 Å². The Bertz CT molecular complexity index is 881. The Kier molecular flexibility index (Phi) is 9.57. The van der Waals surface area contributed by atoms with Gasteiger partial charge in [0.25, 0.3) is 5.69 Å². The number of hydrogen-bond donors (Lipinski definition) is 1. The van der Waals surface area contributed by atoms with Crippen molar-refractivity contribution in [3.05, 3.63) is 46.0 Å². The van der Waals surface area contributed by atoms with Crippen LogP contribution < -0.4 is 5.32 Å². The first-order chi connectivity index (χ1) is 15.6. The largest absolute Gasteiger partial charge is 0.340 e. The molecule has 1 N–H and O–H groups in total. The fourth-order valence-corrected chi connectivity index (χ4v) is 3.79. The Morgan fingerprint density at radius 3 is 2.42 bits per heavy atom. The van der Waals surface area contributed by atoms with Crippen molar-refractivity contribution in [1.82, 2.24) is 15.1 Å². The zero-order valence-electron chi connectivity index (χ0n) is 19.8. The van der Waals surface area contributed by atoms with Crippen molar-refractivity contribution in [2.24, 2.45) is 5.92 Å². The van der Waals surface area contributed by atoms with E-state index in [0.29, 0.717) is 31.6 Å². The first-order valence-corrected chi connectivity index (χ1v) is 11.4. The molecule has 3 amide bonds. The molecular formula is C24H34N4O5. The number of benzene rings is 1. The Balaban J connectivity index is 1.97. The summed E-state index contributed by atoms with van der Waals surface area (Å²) in [5.41, 5.74) is 0.615. The summed E-state index contributed by atoms with van der Waals surface area (Å²) < 4.78 is 0. The van der Waals surface area contributed by atoms with Crippen LogP contribution in [0.5, 0.6) is 0 Å². The summed E-state index contributed by atoms with van der Waals surface area (Å²) in [7, 11) is 0. The second-order valence-electron chi connectivity index (χ2n) is 8.74. The monoisotopic (exact) mass is 458 g/mol. The number of carbonyl (C=O) groups excluding carboxylic acids is 3. The first-order valence-electron chi connectivity index (χ1n) is 11.4. The van der Waals surface area contributed by atoms with Crippen LogP contribution in [0.25, 0.3) is 6.08 Å². The Morgan fingerprint density at radius 2 is 1.88 bits per heavy atom. The van der Waals surface area contributed by atoms with Crippen molar-refractivity contribution in [1.29, 1.82) is 0 Å². The van der Waals surface area contributed by atoms with E-state index >= 15 is 0 Å². The van der Waals surface area contributed by atoms with Gasteiger partial charge in [-0.3, -0.25) is 24.5 Å². The zero-order valence-corrected chi connectivity index (χ0v) is 19.8. The third-order valence-electron chi connectivity index (χ3n) is 5.77. The molecule has 0 aromatic heterocycles. The Hall–Kier alpha value is -3.23. The zero-order chi connectivity index (χ0) is 24.5. The van der Waals surface area contributed by atoms with E-state index in [1.165, 1.54) is 18.2 Å². The van der Waals surface area contributed by atoms with Crippen LogP contribution in [-0.4, -0.2) is 64.2 Å². The predicted molar refractivity (Wildman–Crippen MR) is 126 cm³/mol. The second-order valence-corrected chi connectivity index (χ2v) is 8.74. The molecule has 1 saturated heterocycles. The van der Waals surface area contributed by atoms with E-state index in [-0.39, 0.29) is 29.5 Å². The van der Waals surface area contributed by atoms with Gasteiger partial charge in [-0.15, -0.1) is 0 Å². The highest BCUT2D eigenvalue weighted by atomic mass is 16.6. The topological polar surface area (TPSA) is 113 Å². The van der Waals surface area contributed by atoms with Crippen LogP contribution >= 0.6 is 0 Å². The number of nitrogens with one attached hydrogen (secondary N) is 1. The number of unbranched alkanes of at least 4 members (excludes halogenated alkanes) is 1. The average molecular weight is 459 g/mol. The quantitative estimate of drug-likeness (QED) is 0.347. The van der Waals surface area contributed by atoms with Gasteiger partial charge in [0.05, 0.1) is 4.92 Å². The van der Waals surface area contributed by atoms with Crippen molar-refractivity contribution in [3.63, 3.8) is 0 Å². The number of non-ortho nitro benzene ring substituents is 1. The minimum atomic E-state index is -0.687. The summed E-state index contributed by atoms with van der Waals surface area (Å²) in [4.78, 5) is 51.8. The van der Waals surface area contributed by atoms with Crippen LogP contribution in [0, 0.1) is 16.0 Å². The van der Waals surface area contributed by atoms with Crippen LogP contribution in [0.1, 0.15) is 52.5 Å². The van der Waals surface area contributed by atoms with Gasteiger partial charge in [0, 0.05) is 50.3 Å². The SMILES string of the molecule is CCCCC(=O)N1CCN(C(=O)C(NC(=O)/C=C/c2ccc([N+](=O)[O-])cc2)C(C)C)CC1C. The lowest BCUT2D eigenvalue weighted by atomic mass is 10.0. The standard InChI is InChI=1S/C24H34N4O5/c1-5-6-7-22(30)27-15-14-26(16-18(27)4)24(31)23(17(2)3)25-21(29)13-10-19-8-11-20(12-9-19)28(32)33/h8-13,17-18,23H,5-7,14-16H2,1-4H3,(H,25,29)/b13-10+. The van der Waals surface area contributed by atoms with E-state index in [4.69, 9.17) is 0 Å². The van der Waals surface area contributed by atoms with Crippen LogP contribution in [0.4, 0.5) is 5.69 Å². The number of hydrogen-bond acceptors (Lipinski definition) is 5. The molecule has 1 aromatic rings. The third-order valence-corrected chi connectivity index (χ3v) is 5.77. The summed E-state index contributed by atoms with van der Waals surface area (Å²) in [6.45, 7) is 9.11. The van der Waals surface area contributed by atoms with E-state index in [0.717, 1.165) is 12.8 Å². The smallest absolute Gasteiger partial charge is 0.269 e. The molecule has 1 aliphatic rings. The molecule has 1 heterocycles. The van der Waals surface area contributed by atoms with Gasteiger partial charge in [0.15, 0.2) is 0 Å². The molecule has 9 nitrogen and oxygen atoms in total. The molecular weight excluding hydrogens is 424 g/mol. The van der Waals surface area contributed by atoms with Crippen molar-refractivity contribution in [2.45, 2.75) is 59.0 Å². The highest BCUT2D eigenvalue weighted by Crippen LogP contribution is 2.16. The molecule has 2 atom stereocenters. The van der Waals surface area contributed by atoms with E-state index in [2.05, 4.69) is 12.2 Å². The van der Waals surface area contributed by atoms with Gasteiger partial charge in [-0.05, 0) is 43.0 Å². The lowest BCUT2D eigenvalue weighted by Crippen LogP contribution is -2.59. The molecule has 2 rings (SSSR count). The maximum Gasteiger partial charge on any atom is 0.269 e. The maximum atomic E-state index is 13.2. The number of amides is 3. The molecule has 1 aliphatic heterocycles. The Morgan fingerprint density at radius 1 is 1.21 bits per heavy atom. The highest BCUT2D eigenvalue weighted by Gasteiger charge is 2.34. The first kappa shape index (κ1) is 26.0. The minimum Gasteiger partial charge on any atom is -0.340 e. The van der Waals surface area contributed by atoms with Gasteiger partial charge >= 0.3 is 0 Å². The number of nitrogens with zero attached hydrogens (tertiary/aromatic N) is 3. The molecule has 2 unspecified atom stereocenters. The lowest BCUT2D eigenvalue weighted by Gasteiger charge is -2.41. The van der Waals surface area contributed by atoms with Gasteiger partial charge in [-0.2, -0.15) is 0 Å². The number of piperazine rings is 1. The number of nitro benzene ring substituents is 1. The molecule has 9 heteroatoms. The summed E-state index contributed by atoms with van der Waals surface area (Å²) in [6.07, 6.45) is 5.22. The summed E-state index contributed by atoms with van der Waals surface area (Å²) in [5.74, 6) is -0.563. The molecule has 1 aromatic carbocycles. The highest BCUT2D eigenvalue weighted by molar-refractivity contribution is 5.95. The van der Waals surface area contributed by atoms with E-state index in [1.54, 1.807) is 23.1 Å².